The van der Waals surface area contributed by atoms with Crippen molar-refractivity contribution in [3.63, 3.8) is 0 Å². The van der Waals surface area contributed by atoms with Crippen molar-refractivity contribution in [2.45, 2.75) is 50.3 Å². The van der Waals surface area contributed by atoms with E-state index in [4.69, 9.17) is 0 Å². The maximum absolute atomic E-state index is 13.1. The fourth-order valence-electron chi connectivity index (χ4n) is 2.99. The number of aliphatic hydroxyl groups excluding tert-OH is 1. The SMILES string of the molecule is CCCCCCCCN(CCO)S(=O)(=O)c1cccc2cnccc12. The number of hydrogen-bond donors (Lipinski definition) is 1. The lowest BCUT2D eigenvalue weighted by Crippen LogP contribution is -2.34. The van der Waals surface area contributed by atoms with Crippen LogP contribution in [0.5, 0.6) is 0 Å². The fourth-order valence-corrected chi connectivity index (χ4v) is 4.67. The van der Waals surface area contributed by atoms with Crippen LogP contribution in [0.4, 0.5) is 0 Å². The topological polar surface area (TPSA) is 70.5 Å². The van der Waals surface area contributed by atoms with Gasteiger partial charge in [0.05, 0.1) is 11.5 Å². The Labute approximate surface area is 150 Å². The number of nitrogens with zero attached hydrogens (tertiary/aromatic N) is 2. The van der Waals surface area contributed by atoms with Crippen molar-refractivity contribution < 1.29 is 13.5 Å². The highest BCUT2D eigenvalue weighted by Crippen LogP contribution is 2.25. The van der Waals surface area contributed by atoms with Crippen molar-refractivity contribution in [3.05, 3.63) is 36.7 Å². The second kappa shape index (κ2) is 9.85. The quantitative estimate of drug-likeness (QED) is 0.619. The number of hydrogen-bond acceptors (Lipinski definition) is 4. The second-order valence-corrected chi connectivity index (χ2v) is 8.15. The number of unbranched alkanes of at least 4 members (excludes halogenated alkanes) is 5. The van der Waals surface area contributed by atoms with Crippen molar-refractivity contribution in [2.75, 3.05) is 19.7 Å². The van der Waals surface area contributed by atoms with Gasteiger partial charge in [0.15, 0.2) is 0 Å². The highest BCUT2D eigenvalue weighted by atomic mass is 32.2. The van der Waals surface area contributed by atoms with Gasteiger partial charge in [-0.2, -0.15) is 4.31 Å². The first-order chi connectivity index (χ1) is 12.1. The highest BCUT2D eigenvalue weighted by Gasteiger charge is 2.25. The third kappa shape index (κ3) is 5.23. The van der Waals surface area contributed by atoms with E-state index < -0.39 is 10.0 Å². The molecule has 0 bridgehead atoms. The minimum absolute atomic E-state index is 0.124. The lowest BCUT2D eigenvalue weighted by molar-refractivity contribution is 0.251. The van der Waals surface area contributed by atoms with Crippen LogP contribution in [0.3, 0.4) is 0 Å². The van der Waals surface area contributed by atoms with Crippen LogP contribution in [0.1, 0.15) is 45.4 Å². The van der Waals surface area contributed by atoms with E-state index in [1.54, 1.807) is 30.6 Å². The predicted molar refractivity (Wildman–Crippen MR) is 101 cm³/mol. The van der Waals surface area contributed by atoms with Crippen LogP contribution >= 0.6 is 0 Å². The number of pyridine rings is 1. The maximum atomic E-state index is 13.1. The van der Waals surface area contributed by atoms with Crippen molar-refractivity contribution in [1.82, 2.24) is 9.29 Å². The number of aromatic nitrogens is 1. The van der Waals surface area contributed by atoms with Crippen LogP contribution in [-0.4, -0.2) is 42.5 Å². The molecule has 0 fully saturated rings. The Hall–Kier alpha value is -1.50. The van der Waals surface area contributed by atoms with E-state index in [0.717, 1.165) is 24.6 Å². The standard InChI is InChI=1S/C19H28N2O3S/c1-2-3-4-5-6-7-13-21(14-15-22)25(23,24)19-10-8-9-17-16-20-12-11-18(17)19/h8-12,16,22H,2-7,13-15H2,1H3. The van der Waals surface area contributed by atoms with Gasteiger partial charge in [0.2, 0.25) is 10.0 Å². The second-order valence-electron chi connectivity index (χ2n) is 6.25. The number of sulfonamides is 1. The minimum Gasteiger partial charge on any atom is -0.395 e. The van der Waals surface area contributed by atoms with Crippen LogP contribution < -0.4 is 0 Å². The third-order valence-corrected chi connectivity index (χ3v) is 6.33. The van der Waals surface area contributed by atoms with Gasteiger partial charge in [-0.3, -0.25) is 4.98 Å². The summed E-state index contributed by atoms with van der Waals surface area (Å²) in [7, 11) is -3.64. The molecule has 0 spiro atoms. The molecule has 5 nitrogen and oxygen atoms in total. The highest BCUT2D eigenvalue weighted by molar-refractivity contribution is 7.89. The first kappa shape index (κ1) is 19.8. The van der Waals surface area contributed by atoms with Crippen LogP contribution in [0.25, 0.3) is 10.8 Å². The summed E-state index contributed by atoms with van der Waals surface area (Å²) in [4.78, 5) is 4.34. The summed E-state index contributed by atoms with van der Waals surface area (Å²) in [5.41, 5.74) is 0. The van der Waals surface area contributed by atoms with Gasteiger partial charge in [0.25, 0.3) is 0 Å². The minimum atomic E-state index is -3.64. The number of aliphatic hydroxyl groups is 1. The Kier molecular flexibility index (Phi) is 7.81. The first-order valence-electron chi connectivity index (χ1n) is 9.05. The average Bonchev–Trinajstić information content (AvgIpc) is 2.63. The van der Waals surface area contributed by atoms with E-state index in [9.17, 15) is 13.5 Å². The molecule has 6 heteroatoms. The van der Waals surface area contributed by atoms with Gasteiger partial charge < -0.3 is 5.11 Å². The van der Waals surface area contributed by atoms with E-state index in [-0.39, 0.29) is 18.0 Å². The molecule has 0 saturated heterocycles. The van der Waals surface area contributed by atoms with Crippen LogP contribution in [0.2, 0.25) is 0 Å². The Morgan fingerprint density at radius 3 is 2.56 bits per heavy atom. The zero-order valence-electron chi connectivity index (χ0n) is 14.9. The Balaban J connectivity index is 2.15. The summed E-state index contributed by atoms with van der Waals surface area (Å²) >= 11 is 0. The molecule has 138 valence electrons. The summed E-state index contributed by atoms with van der Waals surface area (Å²) in [6, 6.07) is 6.94. The van der Waals surface area contributed by atoms with Gasteiger partial charge in [-0.25, -0.2) is 8.42 Å². The molecule has 25 heavy (non-hydrogen) atoms. The molecule has 1 heterocycles. The van der Waals surface area contributed by atoms with Gasteiger partial charge in [-0.1, -0.05) is 51.2 Å². The lowest BCUT2D eigenvalue weighted by atomic mass is 10.1. The molecule has 2 rings (SSSR count). The molecule has 1 aromatic heterocycles. The van der Waals surface area contributed by atoms with Gasteiger partial charge in [-0.15, -0.1) is 0 Å². The Bertz CT molecular complexity index is 757. The first-order valence-corrected chi connectivity index (χ1v) is 10.5. The molecule has 0 aliphatic carbocycles. The van der Waals surface area contributed by atoms with Crippen molar-refractivity contribution in [3.8, 4) is 0 Å². The molecule has 0 radical (unpaired) electrons. The summed E-state index contributed by atoms with van der Waals surface area (Å²) in [6.45, 7) is 2.56. The Morgan fingerprint density at radius 2 is 1.80 bits per heavy atom. The van der Waals surface area contributed by atoms with Crippen molar-refractivity contribution in [1.29, 1.82) is 0 Å². The van der Waals surface area contributed by atoms with Crippen molar-refractivity contribution >= 4 is 20.8 Å². The van der Waals surface area contributed by atoms with Crippen LogP contribution in [0.15, 0.2) is 41.6 Å². The zero-order valence-corrected chi connectivity index (χ0v) is 15.7. The van der Waals surface area contributed by atoms with Gasteiger partial charge in [-0.05, 0) is 18.6 Å². The fraction of sp³-hybridized carbons (Fsp3) is 0.526. The molecular formula is C19H28N2O3S. The molecule has 0 aliphatic heterocycles. The predicted octanol–water partition coefficient (Wildman–Crippen LogP) is 3.58. The van der Waals surface area contributed by atoms with E-state index >= 15 is 0 Å². The van der Waals surface area contributed by atoms with Crippen LogP contribution in [-0.2, 0) is 10.0 Å². The molecule has 2 aromatic rings. The van der Waals surface area contributed by atoms with E-state index in [1.165, 1.54) is 23.6 Å². The lowest BCUT2D eigenvalue weighted by Gasteiger charge is -2.22. The number of benzene rings is 1. The maximum Gasteiger partial charge on any atom is 0.243 e. The summed E-state index contributed by atoms with van der Waals surface area (Å²) in [6.07, 6.45) is 9.83. The normalized spacial score (nSPS) is 12.1. The molecular weight excluding hydrogens is 336 g/mol. The number of rotatable bonds is 11. The monoisotopic (exact) mass is 364 g/mol. The molecule has 0 aliphatic rings. The summed E-state index contributed by atoms with van der Waals surface area (Å²) in [5.74, 6) is 0. The van der Waals surface area contributed by atoms with Gasteiger partial charge in [0, 0.05) is 36.3 Å². The largest absolute Gasteiger partial charge is 0.395 e. The number of fused-ring (bicyclic) bond motifs is 1. The van der Waals surface area contributed by atoms with E-state index in [1.807, 2.05) is 6.07 Å². The molecule has 0 atom stereocenters. The van der Waals surface area contributed by atoms with Gasteiger partial charge >= 0.3 is 0 Å². The van der Waals surface area contributed by atoms with Crippen molar-refractivity contribution in [2.24, 2.45) is 0 Å². The van der Waals surface area contributed by atoms with E-state index in [0.29, 0.717) is 11.9 Å². The molecule has 0 saturated carbocycles. The molecule has 1 aromatic carbocycles. The zero-order chi connectivity index (χ0) is 18.1. The molecule has 0 unspecified atom stereocenters. The smallest absolute Gasteiger partial charge is 0.243 e. The Morgan fingerprint density at radius 1 is 1.04 bits per heavy atom. The van der Waals surface area contributed by atoms with Crippen LogP contribution in [0, 0.1) is 0 Å². The molecule has 1 N–H and O–H groups in total. The summed E-state index contributed by atoms with van der Waals surface area (Å²) < 4.78 is 27.6. The summed E-state index contributed by atoms with van der Waals surface area (Å²) in [5, 5.41) is 10.8. The average molecular weight is 365 g/mol. The van der Waals surface area contributed by atoms with Gasteiger partial charge in [0.1, 0.15) is 0 Å². The third-order valence-electron chi connectivity index (χ3n) is 4.37. The molecule has 0 amide bonds. The van der Waals surface area contributed by atoms with E-state index in [2.05, 4.69) is 11.9 Å².